The minimum absolute atomic E-state index is 0.0314. The number of benzene rings is 1. The molecule has 1 aliphatic rings. The Hall–Kier alpha value is -2.16. The predicted octanol–water partition coefficient (Wildman–Crippen LogP) is 0.802. The maximum Gasteiger partial charge on any atom is 0.289 e. The first kappa shape index (κ1) is 16.7. The third-order valence-corrected chi connectivity index (χ3v) is 5.29. The second-order valence-electron chi connectivity index (χ2n) is 5.97. The average molecular weight is 349 g/mol. The van der Waals surface area contributed by atoms with E-state index >= 15 is 0 Å². The maximum atomic E-state index is 12.6. The van der Waals surface area contributed by atoms with E-state index in [-0.39, 0.29) is 34.3 Å². The fraction of sp³-hybridized carbons (Fsp3) is 0.312. The van der Waals surface area contributed by atoms with Gasteiger partial charge in [0, 0.05) is 31.1 Å². The van der Waals surface area contributed by atoms with Gasteiger partial charge in [-0.25, -0.2) is 13.6 Å². The van der Waals surface area contributed by atoms with Crippen LogP contribution in [0.4, 0.5) is 0 Å². The van der Waals surface area contributed by atoms with E-state index < -0.39 is 10.0 Å². The molecule has 1 aliphatic heterocycles. The zero-order valence-corrected chi connectivity index (χ0v) is 14.0. The maximum absolute atomic E-state index is 12.6. The van der Waals surface area contributed by atoms with Crippen LogP contribution in [0.25, 0.3) is 0 Å². The van der Waals surface area contributed by atoms with E-state index in [0.29, 0.717) is 13.1 Å². The van der Waals surface area contributed by atoms with Crippen LogP contribution in [-0.4, -0.2) is 38.4 Å². The molecule has 0 aliphatic carbocycles. The van der Waals surface area contributed by atoms with Crippen molar-refractivity contribution in [2.45, 2.75) is 23.8 Å². The van der Waals surface area contributed by atoms with Crippen molar-refractivity contribution < 1.29 is 17.6 Å². The van der Waals surface area contributed by atoms with Crippen LogP contribution >= 0.6 is 0 Å². The number of rotatable bonds is 3. The summed E-state index contributed by atoms with van der Waals surface area (Å²) in [6, 6.07) is 10.7. The summed E-state index contributed by atoms with van der Waals surface area (Å²) < 4.78 is 28.2. The summed E-state index contributed by atoms with van der Waals surface area (Å²) in [5.41, 5.74) is 7.25. The van der Waals surface area contributed by atoms with Crippen LogP contribution in [-0.2, 0) is 10.0 Å². The van der Waals surface area contributed by atoms with Gasteiger partial charge in [0.05, 0.1) is 0 Å². The molecule has 0 saturated carbocycles. The zero-order chi connectivity index (χ0) is 17.5. The molecule has 1 saturated heterocycles. The minimum Gasteiger partial charge on any atom is -0.455 e. The van der Waals surface area contributed by atoms with Crippen molar-refractivity contribution in [1.82, 2.24) is 4.90 Å². The zero-order valence-electron chi connectivity index (χ0n) is 13.2. The number of carbonyl (C=O) groups excluding carboxylic acids is 1. The molecule has 3 rings (SSSR count). The lowest BCUT2D eigenvalue weighted by Crippen LogP contribution is -2.32. The Balaban J connectivity index is 1.82. The molecule has 1 aromatic carbocycles. The lowest BCUT2D eigenvalue weighted by molar-refractivity contribution is 0.0756. The third-order valence-electron chi connectivity index (χ3n) is 4.27. The van der Waals surface area contributed by atoms with Crippen molar-refractivity contribution >= 4 is 15.9 Å². The molecule has 0 unspecified atom stereocenters. The average Bonchev–Trinajstić information content (AvgIpc) is 3.10. The van der Waals surface area contributed by atoms with Gasteiger partial charge in [0.25, 0.3) is 5.91 Å². The molecule has 7 nitrogen and oxygen atoms in total. The number of nitrogens with two attached hydrogens (primary N) is 2. The van der Waals surface area contributed by atoms with Crippen molar-refractivity contribution in [3.05, 3.63) is 53.5 Å². The van der Waals surface area contributed by atoms with Crippen molar-refractivity contribution in [2.75, 3.05) is 13.1 Å². The van der Waals surface area contributed by atoms with Crippen LogP contribution in [0, 0.1) is 6.92 Å². The van der Waals surface area contributed by atoms with Gasteiger partial charge in [0.1, 0.15) is 10.7 Å². The first-order chi connectivity index (χ1) is 11.3. The fourth-order valence-electron chi connectivity index (χ4n) is 3.06. The largest absolute Gasteiger partial charge is 0.455 e. The number of sulfonamides is 1. The highest BCUT2D eigenvalue weighted by molar-refractivity contribution is 7.89. The van der Waals surface area contributed by atoms with E-state index in [1.165, 1.54) is 13.0 Å². The molecule has 4 N–H and O–H groups in total. The van der Waals surface area contributed by atoms with E-state index in [2.05, 4.69) is 0 Å². The van der Waals surface area contributed by atoms with E-state index in [9.17, 15) is 13.2 Å². The van der Waals surface area contributed by atoms with Gasteiger partial charge in [-0.2, -0.15) is 0 Å². The van der Waals surface area contributed by atoms with E-state index in [1.54, 1.807) is 4.90 Å². The number of amides is 1. The van der Waals surface area contributed by atoms with Gasteiger partial charge >= 0.3 is 0 Å². The van der Waals surface area contributed by atoms with Gasteiger partial charge < -0.3 is 15.1 Å². The molecule has 0 bridgehead atoms. The number of carbonyl (C=O) groups is 1. The standard InChI is InChI=1S/C16H19N3O4S/c1-10-15(24(18,21)22)7-14(23-10)16(20)19-8-12(13(17)9-19)11-5-3-2-4-6-11/h2-7,12-13H,8-9,17H2,1H3,(H2,18,21,22)/t12-,13+/m0/s1. The molecular weight excluding hydrogens is 330 g/mol. The van der Waals surface area contributed by atoms with Crippen LogP contribution in [0.2, 0.25) is 0 Å². The fourth-order valence-corrected chi connectivity index (χ4v) is 3.77. The van der Waals surface area contributed by atoms with Crippen LogP contribution in [0.3, 0.4) is 0 Å². The van der Waals surface area contributed by atoms with Crippen LogP contribution in [0.1, 0.15) is 27.8 Å². The number of aryl methyl sites for hydroxylation is 1. The van der Waals surface area contributed by atoms with Gasteiger partial charge in [0.15, 0.2) is 5.76 Å². The molecule has 2 atom stereocenters. The number of nitrogens with zero attached hydrogens (tertiary/aromatic N) is 1. The molecule has 1 aromatic heterocycles. The van der Waals surface area contributed by atoms with Crippen LogP contribution < -0.4 is 10.9 Å². The molecule has 0 spiro atoms. The highest BCUT2D eigenvalue weighted by Crippen LogP contribution is 2.28. The van der Waals surface area contributed by atoms with Crippen molar-refractivity contribution in [2.24, 2.45) is 10.9 Å². The van der Waals surface area contributed by atoms with Crippen LogP contribution in [0.15, 0.2) is 45.7 Å². The number of hydrogen-bond donors (Lipinski definition) is 2. The second kappa shape index (κ2) is 6.04. The van der Waals surface area contributed by atoms with Gasteiger partial charge in [-0.3, -0.25) is 4.79 Å². The van der Waals surface area contributed by atoms with Crippen molar-refractivity contribution in [3.8, 4) is 0 Å². The monoisotopic (exact) mass is 349 g/mol. The molecule has 128 valence electrons. The van der Waals surface area contributed by atoms with Crippen molar-refractivity contribution in [1.29, 1.82) is 0 Å². The Morgan fingerprint density at radius 3 is 2.50 bits per heavy atom. The Kier molecular flexibility index (Phi) is 4.20. The summed E-state index contributed by atoms with van der Waals surface area (Å²) >= 11 is 0. The Morgan fingerprint density at radius 2 is 1.92 bits per heavy atom. The molecule has 0 radical (unpaired) electrons. The van der Waals surface area contributed by atoms with E-state index in [1.807, 2.05) is 30.3 Å². The number of furan rings is 1. The van der Waals surface area contributed by atoms with E-state index in [0.717, 1.165) is 5.56 Å². The third kappa shape index (κ3) is 3.08. The molecule has 1 fully saturated rings. The Bertz CT molecular complexity index is 861. The molecular formula is C16H19N3O4S. The lowest BCUT2D eigenvalue weighted by Gasteiger charge is -2.15. The van der Waals surface area contributed by atoms with Gasteiger partial charge in [-0.1, -0.05) is 30.3 Å². The minimum atomic E-state index is -3.92. The normalized spacial score (nSPS) is 21.2. The lowest BCUT2D eigenvalue weighted by atomic mass is 9.95. The van der Waals surface area contributed by atoms with Gasteiger partial charge in [-0.05, 0) is 12.5 Å². The SMILES string of the molecule is Cc1oc(C(=O)N2C[C@@H](N)[C@H](c3ccccc3)C2)cc1S(N)(=O)=O. The summed E-state index contributed by atoms with van der Waals surface area (Å²) in [7, 11) is -3.92. The highest BCUT2D eigenvalue weighted by atomic mass is 32.2. The summed E-state index contributed by atoms with van der Waals surface area (Å²) in [4.78, 5) is 14.0. The summed E-state index contributed by atoms with van der Waals surface area (Å²) in [5.74, 6) is -0.299. The van der Waals surface area contributed by atoms with Gasteiger partial charge in [-0.15, -0.1) is 0 Å². The summed E-state index contributed by atoms with van der Waals surface area (Å²) in [6.45, 7) is 2.29. The molecule has 24 heavy (non-hydrogen) atoms. The summed E-state index contributed by atoms with van der Waals surface area (Å²) in [6.07, 6.45) is 0. The molecule has 1 amide bonds. The quantitative estimate of drug-likeness (QED) is 0.849. The number of hydrogen-bond acceptors (Lipinski definition) is 5. The van der Waals surface area contributed by atoms with Gasteiger partial charge in [0.2, 0.25) is 10.0 Å². The Morgan fingerprint density at radius 1 is 1.25 bits per heavy atom. The molecule has 2 aromatic rings. The first-order valence-corrected chi connectivity index (χ1v) is 9.05. The smallest absolute Gasteiger partial charge is 0.289 e. The second-order valence-corrected chi connectivity index (χ2v) is 7.50. The molecule has 2 heterocycles. The first-order valence-electron chi connectivity index (χ1n) is 7.50. The predicted molar refractivity (Wildman–Crippen MR) is 87.9 cm³/mol. The number of likely N-dealkylation sites (tertiary alicyclic amines) is 1. The topological polar surface area (TPSA) is 120 Å². The van der Waals surface area contributed by atoms with Crippen LogP contribution in [0.5, 0.6) is 0 Å². The van der Waals surface area contributed by atoms with Crippen molar-refractivity contribution in [3.63, 3.8) is 0 Å². The van der Waals surface area contributed by atoms with E-state index in [4.69, 9.17) is 15.3 Å². The highest BCUT2D eigenvalue weighted by Gasteiger charge is 2.35. The summed E-state index contributed by atoms with van der Waals surface area (Å²) in [5, 5.41) is 5.11. The molecule has 8 heteroatoms. The number of primary sulfonamides is 1. The Labute approximate surface area is 140 Å².